The third-order valence-electron chi connectivity index (χ3n) is 2.49. The van der Waals surface area contributed by atoms with E-state index >= 15 is 0 Å². The number of hydrogen-bond acceptors (Lipinski definition) is 4. The maximum absolute atomic E-state index is 5.46. The van der Waals surface area contributed by atoms with Crippen molar-refractivity contribution in [2.45, 2.75) is 12.8 Å². The minimum atomic E-state index is 0.740. The van der Waals surface area contributed by atoms with E-state index in [9.17, 15) is 0 Å². The summed E-state index contributed by atoms with van der Waals surface area (Å²) >= 11 is 3.39. The molecule has 90 valence electrons. The van der Waals surface area contributed by atoms with Crippen molar-refractivity contribution in [2.24, 2.45) is 5.73 Å². The van der Waals surface area contributed by atoms with Gasteiger partial charge in [0.05, 0.1) is 11.2 Å². The Morgan fingerprint density at radius 3 is 3.00 bits per heavy atom. The van der Waals surface area contributed by atoms with Crippen molar-refractivity contribution in [3.63, 3.8) is 0 Å². The van der Waals surface area contributed by atoms with Gasteiger partial charge in [0.2, 0.25) is 0 Å². The molecule has 2 aromatic heterocycles. The van der Waals surface area contributed by atoms with Crippen molar-refractivity contribution in [1.82, 2.24) is 9.97 Å². The Morgan fingerprint density at radius 2 is 2.18 bits per heavy atom. The maximum atomic E-state index is 5.46. The smallest absolute Gasteiger partial charge is 0.112 e. The molecule has 0 spiro atoms. The number of unbranched alkanes of at least 4 members (excludes halogenated alkanes) is 1. The fraction of sp³-hybridized carbons (Fsp3) is 0.333. The first kappa shape index (κ1) is 12.3. The predicted octanol–water partition coefficient (Wildman–Crippen LogP) is 2.54. The third-order valence-corrected chi connectivity index (χ3v) is 2.92. The molecule has 3 N–H and O–H groups in total. The van der Waals surface area contributed by atoms with Crippen LogP contribution in [0, 0.1) is 0 Å². The monoisotopic (exact) mass is 294 g/mol. The number of nitrogens with one attached hydrogen (secondary N) is 1. The molecule has 0 aliphatic carbocycles. The summed E-state index contributed by atoms with van der Waals surface area (Å²) in [6, 6.07) is 3.92. The molecule has 0 fully saturated rings. The summed E-state index contributed by atoms with van der Waals surface area (Å²) in [7, 11) is 0. The van der Waals surface area contributed by atoms with Crippen LogP contribution in [0.2, 0.25) is 0 Å². The molecule has 17 heavy (non-hydrogen) atoms. The highest BCUT2D eigenvalue weighted by Gasteiger charge is 2.03. The van der Waals surface area contributed by atoms with Gasteiger partial charge in [0.1, 0.15) is 5.52 Å². The highest BCUT2D eigenvalue weighted by atomic mass is 79.9. The van der Waals surface area contributed by atoms with Gasteiger partial charge >= 0.3 is 0 Å². The first-order valence-electron chi connectivity index (χ1n) is 5.65. The van der Waals surface area contributed by atoms with Crippen LogP contribution in [-0.4, -0.2) is 23.1 Å². The second-order valence-electron chi connectivity index (χ2n) is 3.80. The largest absolute Gasteiger partial charge is 0.383 e. The van der Waals surface area contributed by atoms with Gasteiger partial charge in [-0.15, -0.1) is 0 Å². The topological polar surface area (TPSA) is 63.8 Å². The van der Waals surface area contributed by atoms with Gasteiger partial charge in [-0.3, -0.25) is 9.97 Å². The van der Waals surface area contributed by atoms with Gasteiger partial charge in [-0.1, -0.05) is 0 Å². The number of rotatable bonds is 5. The molecule has 0 radical (unpaired) electrons. The van der Waals surface area contributed by atoms with E-state index in [2.05, 4.69) is 31.2 Å². The maximum Gasteiger partial charge on any atom is 0.112 e. The molecule has 0 amide bonds. The minimum Gasteiger partial charge on any atom is -0.383 e. The van der Waals surface area contributed by atoms with Crippen LogP contribution in [0.25, 0.3) is 11.0 Å². The minimum absolute atomic E-state index is 0.740. The lowest BCUT2D eigenvalue weighted by Crippen LogP contribution is -2.06. The molecule has 0 atom stereocenters. The van der Waals surface area contributed by atoms with E-state index in [1.54, 1.807) is 12.4 Å². The van der Waals surface area contributed by atoms with E-state index in [0.29, 0.717) is 0 Å². The molecular formula is C12H15BrN4. The SMILES string of the molecule is NCCCCNc1ccnc2cc(Br)cnc12. The molecule has 2 rings (SSSR count). The van der Waals surface area contributed by atoms with E-state index < -0.39 is 0 Å². The Kier molecular flexibility index (Phi) is 4.28. The normalized spacial score (nSPS) is 10.7. The highest BCUT2D eigenvalue weighted by Crippen LogP contribution is 2.21. The second kappa shape index (κ2) is 5.93. The summed E-state index contributed by atoms with van der Waals surface area (Å²) in [5.41, 5.74) is 8.28. The van der Waals surface area contributed by atoms with Gasteiger partial charge in [-0.05, 0) is 47.4 Å². The van der Waals surface area contributed by atoms with Crippen molar-refractivity contribution in [1.29, 1.82) is 0 Å². The number of aromatic nitrogens is 2. The number of nitrogens with zero attached hydrogens (tertiary/aromatic N) is 2. The standard InChI is InChI=1S/C12H15BrN4/c13-9-7-11-12(17-8-9)10(3-6-16-11)15-5-2-1-4-14/h3,6-8H,1-2,4-5,14H2,(H,15,16). The number of halogens is 1. The molecule has 2 heterocycles. The highest BCUT2D eigenvalue weighted by molar-refractivity contribution is 9.10. The van der Waals surface area contributed by atoms with Gasteiger partial charge in [0.25, 0.3) is 0 Å². The van der Waals surface area contributed by atoms with E-state index in [0.717, 1.165) is 47.1 Å². The number of anilines is 1. The van der Waals surface area contributed by atoms with Crippen LogP contribution < -0.4 is 11.1 Å². The molecule has 5 heteroatoms. The van der Waals surface area contributed by atoms with Gasteiger partial charge in [0.15, 0.2) is 0 Å². The van der Waals surface area contributed by atoms with Crippen LogP contribution in [0.4, 0.5) is 5.69 Å². The zero-order chi connectivity index (χ0) is 12.1. The van der Waals surface area contributed by atoms with Crippen molar-refractivity contribution in [2.75, 3.05) is 18.4 Å². The van der Waals surface area contributed by atoms with E-state index in [4.69, 9.17) is 5.73 Å². The summed E-state index contributed by atoms with van der Waals surface area (Å²) in [4.78, 5) is 8.68. The quantitative estimate of drug-likeness (QED) is 0.832. The molecule has 0 aliphatic rings. The molecule has 0 bridgehead atoms. The lowest BCUT2D eigenvalue weighted by atomic mass is 10.2. The van der Waals surface area contributed by atoms with Gasteiger partial charge in [0, 0.05) is 23.4 Å². The molecule has 0 saturated heterocycles. The number of nitrogens with two attached hydrogens (primary N) is 1. The lowest BCUT2D eigenvalue weighted by Gasteiger charge is -2.08. The molecule has 0 saturated carbocycles. The Morgan fingerprint density at radius 1 is 1.29 bits per heavy atom. The van der Waals surface area contributed by atoms with Crippen LogP contribution in [0.5, 0.6) is 0 Å². The van der Waals surface area contributed by atoms with Crippen molar-refractivity contribution in [3.05, 3.63) is 29.0 Å². The molecule has 0 aromatic carbocycles. The van der Waals surface area contributed by atoms with Gasteiger partial charge in [-0.2, -0.15) is 0 Å². The van der Waals surface area contributed by atoms with E-state index in [1.165, 1.54) is 0 Å². The summed E-state index contributed by atoms with van der Waals surface area (Å²) < 4.78 is 0.942. The van der Waals surface area contributed by atoms with Crippen LogP contribution in [0.15, 0.2) is 29.0 Å². The molecular weight excluding hydrogens is 280 g/mol. The fourth-order valence-corrected chi connectivity index (χ4v) is 1.96. The molecule has 0 unspecified atom stereocenters. The zero-order valence-electron chi connectivity index (χ0n) is 9.49. The van der Waals surface area contributed by atoms with E-state index in [-0.39, 0.29) is 0 Å². The third kappa shape index (κ3) is 3.14. The molecule has 0 aliphatic heterocycles. The van der Waals surface area contributed by atoms with Crippen LogP contribution >= 0.6 is 15.9 Å². The second-order valence-corrected chi connectivity index (χ2v) is 4.72. The summed E-state index contributed by atoms with van der Waals surface area (Å²) in [5.74, 6) is 0. The Hall–Kier alpha value is -1.20. The van der Waals surface area contributed by atoms with Crippen molar-refractivity contribution >= 4 is 32.7 Å². The van der Waals surface area contributed by atoms with Gasteiger partial charge in [-0.25, -0.2) is 0 Å². The number of fused-ring (bicyclic) bond motifs is 1. The van der Waals surface area contributed by atoms with Crippen molar-refractivity contribution < 1.29 is 0 Å². The number of pyridine rings is 2. The first-order valence-corrected chi connectivity index (χ1v) is 6.45. The summed E-state index contributed by atoms with van der Waals surface area (Å²) in [5, 5.41) is 3.37. The average Bonchev–Trinajstić information content (AvgIpc) is 2.34. The Bertz CT molecular complexity index is 501. The average molecular weight is 295 g/mol. The van der Waals surface area contributed by atoms with Crippen LogP contribution in [-0.2, 0) is 0 Å². The Labute approximate surface area is 109 Å². The molecule has 4 nitrogen and oxygen atoms in total. The fourth-order valence-electron chi connectivity index (χ4n) is 1.64. The van der Waals surface area contributed by atoms with Crippen LogP contribution in [0.1, 0.15) is 12.8 Å². The summed E-state index contributed by atoms with van der Waals surface area (Å²) in [6.07, 6.45) is 5.68. The van der Waals surface area contributed by atoms with Gasteiger partial charge < -0.3 is 11.1 Å². The summed E-state index contributed by atoms with van der Waals surface area (Å²) in [6.45, 7) is 1.65. The zero-order valence-corrected chi connectivity index (χ0v) is 11.1. The predicted molar refractivity (Wildman–Crippen MR) is 74.0 cm³/mol. The van der Waals surface area contributed by atoms with Crippen LogP contribution in [0.3, 0.4) is 0 Å². The van der Waals surface area contributed by atoms with Crippen molar-refractivity contribution in [3.8, 4) is 0 Å². The molecule has 2 aromatic rings. The Balaban J connectivity index is 2.16. The lowest BCUT2D eigenvalue weighted by molar-refractivity contribution is 0.774. The first-order chi connectivity index (χ1) is 8.31. The van der Waals surface area contributed by atoms with E-state index in [1.807, 2.05) is 12.1 Å². The number of hydrogen-bond donors (Lipinski definition) is 2.